The molecule has 9 heteroatoms. The molecular weight excluding hydrogens is 228 g/mol. The minimum absolute atomic E-state index is 0.119. The van der Waals surface area contributed by atoms with Crippen molar-refractivity contribution in [1.82, 2.24) is 15.0 Å². The van der Waals surface area contributed by atoms with Crippen LogP contribution in [0.2, 0.25) is 0 Å². The highest BCUT2D eigenvalue weighted by molar-refractivity contribution is 5.69. The number of hydrazine groups is 1. The van der Waals surface area contributed by atoms with Gasteiger partial charge in [0.15, 0.2) is 0 Å². The molecule has 9 nitrogen and oxygen atoms in total. The molecule has 1 rings (SSSR count). The number of rotatable bonds is 6. The van der Waals surface area contributed by atoms with Gasteiger partial charge in [0.1, 0.15) is 0 Å². The maximum Gasteiger partial charge on any atom is 0.322 e. The average molecular weight is 242 g/mol. The molecular formula is C8H14N6O3. The molecule has 0 fully saturated rings. The van der Waals surface area contributed by atoms with Gasteiger partial charge in [-0.25, -0.2) is 5.84 Å². The summed E-state index contributed by atoms with van der Waals surface area (Å²) in [7, 11) is 2.75. The van der Waals surface area contributed by atoms with Crippen molar-refractivity contribution >= 4 is 17.9 Å². The molecule has 94 valence electrons. The second-order valence-corrected chi connectivity index (χ2v) is 2.87. The Morgan fingerprint density at radius 1 is 1.29 bits per heavy atom. The Balaban J connectivity index is 2.60. The van der Waals surface area contributed by atoms with Crippen molar-refractivity contribution in [1.29, 1.82) is 0 Å². The van der Waals surface area contributed by atoms with Crippen molar-refractivity contribution in [3.8, 4) is 6.01 Å². The van der Waals surface area contributed by atoms with E-state index in [1.165, 1.54) is 14.2 Å². The zero-order chi connectivity index (χ0) is 12.7. The smallest absolute Gasteiger partial charge is 0.322 e. The third-order valence-corrected chi connectivity index (χ3v) is 1.77. The van der Waals surface area contributed by atoms with Crippen LogP contribution in [0.25, 0.3) is 0 Å². The Bertz CT molecular complexity index is 363. The van der Waals surface area contributed by atoms with Crippen molar-refractivity contribution in [2.75, 3.05) is 31.5 Å². The van der Waals surface area contributed by atoms with Crippen LogP contribution in [0.5, 0.6) is 6.01 Å². The van der Waals surface area contributed by atoms with Crippen molar-refractivity contribution in [2.45, 2.75) is 6.42 Å². The predicted octanol–water partition coefficient (Wildman–Crippen LogP) is -0.859. The number of nitrogens with two attached hydrogens (primary N) is 1. The fourth-order valence-corrected chi connectivity index (χ4v) is 0.970. The quantitative estimate of drug-likeness (QED) is 0.332. The van der Waals surface area contributed by atoms with Crippen LogP contribution in [0.15, 0.2) is 0 Å². The van der Waals surface area contributed by atoms with E-state index in [0.717, 1.165) is 0 Å². The topological polar surface area (TPSA) is 124 Å². The van der Waals surface area contributed by atoms with Crippen LogP contribution >= 0.6 is 0 Å². The summed E-state index contributed by atoms with van der Waals surface area (Å²) in [5.74, 6) is 5.28. The normalized spacial score (nSPS) is 9.59. The van der Waals surface area contributed by atoms with Gasteiger partial charge in [-0.05, 0) is 0 Å². The van der Waals surface area contributed by atoms with Gasteiger partial charge in [-0.15, -0.1) is 0 Å². The number of aromatic nitrogens is 3. The standard InChI is InChI=1S/C8H14N6O3/c1-16-5(15)3-4-10-6-11-7(14-9)13-8(12-6)17-2/h3-4,9H2,1-2H3,(H2,10,11,12,13,14). The van der Waals surface area contributed by atoms with Crippen molar-refractivity contribution in [3.05, 3.63) is 0 Å². The summed E-state index contributed by atoms with van der Waals surface area (Å²) >= 11 is 0. The van der Waals surface area contributed by atoms with Gasteiger partial charge in [0.25, 0.3) is 0 Å². The number of esters is 1. The molecule has 0 spiro atoms. The Morgan fingerprint density at radius 3 is 2.59 bits per heavy atom. The maximum absolute atomic E-state index is 10.9. The molecule has 1 aromatic heterocycles. The lowest BCUT2D eigenvalue weighted by Crippen LogP contribution is -2.15. The van der Waals surface area contributed by atoms with Crippen LogP contribution in [0.4, 0.5) is 11.9 Å². The Kier molecular flexibility index (Phi) is 4.88. The van der Waals surface area contributed by atoms with E-state index in [9.17, 15) is 4.79 Å². The largest absolute Gasteiger partial charge is 0.469 e. The molecule has 0 aliphatic carbocycles. The minimum Gasteiger partial charge on any atom is -0.469 e. The van der Waals surface area contributed by atoms with Gasteiger partial charge in [-0.2, -0.15) is 15.0 Å². The number of ether oxygens (including phenoxy) is 2. The number of hydrogen-bond donors (Lipinski definition) is 3. The molecule has 0 bridgehead atoms. The third kappa shape index (κ3) is 4.07. The van der Waals surface area contributed by atoms with Crippen LogP contribution in [0.1, 0.15) is 6.42 Å². The third-order valence-electron chi connectivity index (χ3n) is 1.77. The molecule has 1 aromatic rings. The van der Waals surface area contributed by atoms with Gasteiger partial charge < -0.3 is 14.8 Å². The zero-order valence-corrected chi connectivity index (χ0v) is 9.56. The Morgan fingerprint density at radius 2 is 2.00 bits per heavy atom. The van der Waals surface area contributed by atoms with Crippen molar-refractivity contribution in [2.24, 2.45) is 5.84 Å². The lowest BCUT2D eigenvalue weighted by molar-refractivity contribution is -0.140. The van der Waals surface area contributed by atoms with Gasteiger partial charge in [0, 0.05) is 6.54 Å². The second-order valence-electron chi connectivity index (χ2n) is 2.87. The lowest BCUT2D eigenvalue weighted by atomic mass is 10.4. The molecule has 0 saturated heterocycles. The SMILES string of the molecule is COC(=O)CCNc1nc(NN)nc(OC)n1. The molecule has 0 aliphatic heterocycles. The highest BCUT2D eigenvalue weighted by Gasteiger charge is 2.06. The number of carbonyl (C=O) groups is 1. The summed E-state index contributed by atoms with van der Waals surface area (Å²) in [6.45, 7) is 0.337. The first kappa shape index (κ1) is 12.9. The van der Waals surface area contributed by atoms with Gasteiger partial charge >= 0.3 is 12.0 Å². The number of nitrogens with zero attached hydrogens (tertiary/aromatic N) is 3. The molecule has 0 saturated carbocycles. The van der Waals surface area contributed by atoms with Crippen LogP contribution in [0.3, 0.4) is 0 Å². The summed E-state index contributed by atoms with van der Waals surface area (Å²) in [5, 5.41) is 2.82. The first-order chi connectivity index (χ1) is 8.19. The average Bonchev–Trinajstić information content (AvgIpc) is 2.37. The highest BCUT2D eigenvalue weighted by Crippen LogP contribution is 2.09. The molecule has 0 aliphatic rings. The Hall–Kier alpha value is -2.16. The van der Waals surface area contributed by atoms with Crippen LogP contribution < -0.4 is 21.3 Å². The number of nitrogen functional groups attached to an aromatic ring is 1. The van der Waals surface area contributed by atoms with E-state index in [-0.39, 0.29) is 30.3 Å². The molecule has 0 aromatic carbocycles. The summed E-state index contributed by atoms with van der Waals surface area (Å²) in [4.78, 5) is 22.5. The highest BCUT2D eigenvalue weighted by atomic mass is 16.5. The molecule has 0 radical (unpaired) electrons. The van der Waals surface area contributed by atoms with E-state index in [1.807, 2.05) is 0 Å². The second kappa shape index (κ2) is 6.43. The van der Waals surface area contributed by atoms with Gasteiger partial charge in [-0.3, -0.25) is 10.2 Å². The monoisotopic (exact) mass is 242 g/mol. The number of nitrogens with one attached hydrogen (secondary N) is 2. The van der Waals surface area contributed by atoms with Crippen molar-refractivity contribution < 1.29 is 14.3 Å². The molecule has 0 atom stereocenters. The first-order valence-electron chi connectivity index (χ1n) is 4.77. The van der Waals surface area contributed by atoms with Crippen molar-refractivity contribution in [3.63, 3.8) is 0 Å². The summed E-state index contributed by atoms with van der Waals surface area (Å²) < 4.78 is 9.35. The van der Waals surface area contributed by atoms with Crippen LogP contribution in [-0.4, -0.2) is 41.7 Å². The van der Waals surface area contributed by atoms with Crippen LogP contribution in [0, 0.1) is 0 Å². The maximum atomic E-state index is 10.9. The summed E-state index contributed by atoms with van der Waals surface area (Å²) in [5.41, 5.74) is 2.28. The van der Waals surface area contributed by atoms with E-state index in [4.69, 9.17) is 10.6 Å². The first-order valence-corrected chi connectivity index (χ1v) is 4.77. The van der Waals surface area contributed by atoms with E-state index >= 15 is 0 Å². The molecule has 0 amide bonds. The van der Waals surface area contributed by atoms with Crippen LogP contribution in [-0.2, 0) is 9.53 Å². The van der Waals surface area contributed by atoms with E-state index in [2.05, 4.69) is 30.4 Å². The lowest BCUT2D eigenvalue weighted by Gasteiger charge is -2.06. The summed E-state index contributed by atoms with van der Waals surface area (Å²) in [6.07, 6.45) is 0.204. The molecule has 1 heterocycles. The number of anilines is 2. The minimum atomic E-state index is -0.323. The summed E-state index contributed by atoms with van der Waals surface area (Å²) in [6, 6.07) is 0.119. The van der Waals surface area contributed by atoms with E-state index in [1.54, 1.807) is 0 Å². The molecule has 17 heavy (non-hydrogen) atoms. The van der Waals surface area contributed by atoms with Gasteiger partial charge in [-0.1, -0.05) is 0 Å². The predicted molar refractivity (Wildman–Crippen MR) is 59.3 cm³/mol. The number of hydrogen-bond acceptors (Lipinski definition) is 9. The molecule has 4 N–H and O–H groups in total. The number of methoxy groups -OCH3 is 2. The van der Waals surface area contributed by atoms with E-state index in [0.29, 0.717) is 6.54 Å². The fourth-order valence-electron chi connectivity index (χ4n) is 0.970. The zero-order valence-electron chi connectivity index (χ0n) is 9.56. The fraction of sp³-hybridized carbons (Fsp3) is 0.500. The van der Waals surface area contributed by atoms with Gasteiger partial charge in [0.2, 0.25) is 11.9 Å². The van der Waals surface area contributed by atoms with Gasteiger partial charge in [0.05, 0.1) is 20.6 Å². The van der Waals surface area contributed by atoms with E-state index < -0.39 is 0 Å². The molecule has 0 unspecified atom stereocenters. The Labute approximate surface area is 97.7 Å². The number of carbonyl (C=O) groups excluding carboxylic acids is 1.